The minimum Gasteiger partial charge on any atom is -0.467 e. The van der Waals surface area contributed by atoms with Crippen LogP contribution >= 0.6 is 11.6 Å². The maximum absolute atomic E-state index is 12.8. The Bertz CT molecular complexity index is 281. The van der Waals surface area contributed by atoms with Gasteiger partial charge < -0.3 is 9.47 Å². The van der Waals surface area contributed by atoms with Crippen LogP contribution in [-0.2, 0) is 4.74 Å². The van der Waals surface area contributed by atoms with Crippen LogP contribution in [0.4, 0.5) is 8.78 Å². The molecule has 1 aromatic carbocycles. The molecule has 0 N–H and O–H groups in total. The third-order valence-corrected chi connectivity index (χ3v) is 1.66. The second-order valence-electron chi connectivity index (χ2n) is 2.25. The Morgan fingerprint density at radius 3 is 2.31 bits per heavy atom. The molecule has 0 fully saturated rings. The molecule has 0 aromatic heterocycles. The first-order chi connectivity index (χ1) is 6.15. The summed E-state index contributed by atoms with van der Waals surface area (Å²) in [6.07, 6.45) is 0. The number of halogens is 3. The summed E-state index contributed by atoms with van der Waals surface area (Å²) >= 11 is 5.25. The molecule has 2 nitrogen and oxygen atoms in total. The number of methoxy groups -OCH3 is 1. The Hall–Kier alpha value is -0.870. The van der Waals surface area contributed by atoms with Crippen LogP contribution in [0, 0.1) is 11.6 Å². The van der Waals surface area contributed by atoms with Crippen molar-refractivity contribution in [3.63, 3.8) is 0 Å². The van der Waals surface area contributed by atoms with E-state index >= 15 is 0 Å². The number of rotatable bonds is 3. The van der Waals surface area contributed by atoms with Gasteiger partial charge in [-0.2, -0.15) is 0 Å². The van der Waals surface area contributed by atoms with Crippen LogP contribution in [0.15, 0.2) is 12.1 Å². The molecule has 0 amide bonds. The van der Waals surface area contributed by atoms with Crippen LogP contribution in [0.5, 0.6) is 5.75 Å². The van der Waals surface area contributed by atoms with Gasteiger partial charge in [0.1, 0.15) is 22.4 Å². The molecule has 0 unspecified atom stereocenters. The molecule has 1 rings (SSSR count). The Morgan fingerprint density at radius 2 is 1.85 bits per heavy atom. The van der Waals surface area contributed by atoms with E-state index in [1.807, 2.05) is 0 Å². The van der Waals surface area contributed by atoms with Crippen LogP contribution in [0.1, 0.15) is 0 Å². The Labute approximate surface area is 79.0 Å². The predicted molar refractivity (Wildman–Crippen MR) is 43.9 cm³/mol. The van der Waals surface area contributed by atoms with Gasteiger partial charge in [-0.05, 0) is 0 Å². The van der Waals surface area contributed by atoms with Crippen molar-refractivity contribution in [2.24, 2.45) is 0 Å². The first-order valence-electron chi connectivity index (χ1n) is 3.41. The maximum Gasteiger partial charge on any atom is 0.188 e. The summed E-state index contributed by atoms with van der Waals surface area (Å²) < 4.78 is 34.9. The molecule has 0 aliphatic carbocycles. The summed E-state index contributed by atoms with van der Waals surface area (Å²) in [6.45, 7) is -0.0689. The molecule has 0 saturated carbocycles. The van der Waals surface area contributed by atoms with E-state index in [0.29, 0.717) is 0 Å². The van der Waals surface area contributed by atoms with Gasteiger partial charge in [-0.15, -0.1) is 0 Å². The highest BCUT2D eigenvalue weighted by atomic mass is 35.5. The number of ether oxygens (including phenoxy) is 2. The normalized spacial score (nSPS) is 10.2. The highest BCUT2D eigenvalue weighted by Gasteiger charge is 2.08. The van der Waals surface area contributed by atoms with Gasteiger partial charge >= 0.3 is 0 Å². The molecule has 0 aliphatic rings. The number of hydrogen-bond donors (Lipinski definition) is 0. The lowest BCUT2D eigenvalue weighted by Gasteiger charge is -2.05. The van der Waals surface area contributed by atoms with Gasteiger partial charge in [0.25, 0.3) is 0 Å². The predicted octanol–water partition coefficient (Wildman–Crippen LogP) is 2.60. The van der Waals surface area contributed by atoms with Gasteiger partial charge in [-0.1, -0.05) is 11.6 Å². The lowest BCUT2D eigenvalue weighted by Crippen LogP contribution is -1.99. The molecular formula is C8H7ClF2O2. The zero-order valence-electron chi connectivity index (χ0n) is 6.81. The number of benzene rings is 1. The molecule has 72 valence electrons. The smallest absolute Gasteiger partial charge is 0.188 e. The monoisotopic (exact) mass is 208 g/mol. The fourth-order valence-electron chi connectivity index (χ4n) is 0.743. The van der Waals surface area contributed by atoms with Crippen molar-refractivity contribution < 1.29 is 18.3 Å². The van der Waals surface area contributed by atoms with Crippen LogP contribution in [0.3, 0.4) is 0 Å². The second kappa shape index (κ2) is 4.39. The quantitative estimate of drug-likeness (QED) is 0.562. The highest BCUT2D eigenvalue weighted by molar-refractivity contribution is 6.30. The van der Waals surface area contributed by atoms with Crippen molar-refractivity contribution in [2.75, 3.05) is 13.9 Å². The zero-order chi connectivity index (χ0) is 9.84. The standard InChI is InChI=1S/C8H7ClF2O2/c1-12-4-13-5-2-6(10)8(9)7(11)3-5/h2-3H,4H2,1H3. The maximum atomic E-state index is 12.8. The minimum atomic E-state index is -0.854. The summed E-state index contributed by atoms with van der Waals surface area (Å²) in [7, 11) is 1.41. The van der Waals surface area contributed by atoms with E-state index < -0.39 is 16.7 Å². The second-order valence-corrected chi connectivity index (χ2v) is 2.63. The fraction of sp³-hybridized carbons (Fsp3) is 0.250. The summed E-state index contributed by atoms with van der Waals surface area (Å²) in [4.78, 5) is 0. The van der Waals surface area contributed by atoms with Crippen LogP contribution in [0.25, 0.3) is 0 Å². The van der Waals surface area contributed by atoms with Crippen molar-refractivity contribution in [1.82, 2.24) is 0 Å². The van der Waals surface area contributed by atoms with Gasteiger partial charge in [0, 0.05) is 19.2 Å². The van der Waals surface area contributed by atoms with Crippen LogP contribution in [-0.4, -0.2) is 13.9 Å². The molecule has 0 spiro atoms. The van der Waals surface area contributed by atoms with E-state index in [4.69, 9.17) is 16.3 Å². The van der Waals surface area contributed by atoms with Gasteiger partial charge in [-0.25, -0.2) is 8.78 Å². The summed E-state index contributed by atoms with van der Waals surface area (Å²) in [6, 6.07) is 1.98. The Kier molecular flexibility index (Phi) is 3.45. The van der Waals surface area contributed by atoms with E-state index in [1.54, 1.807) is 0 Å². The third kappa shape index (κ3) is 2.54. The molecule has 0 aliphatic heterocycles. The zero-order valence-corrected chi connectivity index (χ0v) is 7.57. The van der Waals surface area contributed by atoms with Crippen LogP contribution < -0.4 is 4.74 Å². The van der Waals surface area contributed by atoms with Gasteiger partial charge in [-0.3, -0.25) is 0 Å². The molecule has 0 bridgehead atoms. The molecule has 0 heterocycles. The fourth-order valence-corrected chi connectivity index (χ4v) is 0.852. The number of hydrogen-bond acceptors (Lipinski definition) is 2. The highest BCUT2D eigenvalue weighted by Crippen LogP contribution is 2.24. The van der Waals surface area contributed by atoms with Gasteiger partial charge in [0.2, 0.25) is 0 Å². The summed E-state index contributed by atoms with van der Waals surface area (Å²) in [5.74, 6) is -1.67. The van der Waals surface area contributed by atoms with Gasteiger partial charge in [0.05, 0.1) is 0 Å². The molecule has 0 radical (unpaired) electrons. The van der Waals surface area contributed by atoms with E-state index in [9.17, 15) is 8.78 Å². The van der Waals surface area contributed by atoms with E-state index in [1.165, 1.54) is 7.11 Å². The van der Waals surface area contributed by atoms with Gasteiger partial charge in [0.15, 0.2) is 6.79 Å². The van der Waals surface area contributed by atoms with Crippen molar-refractivity contribution in [1.29, 1.82) is 0 Å². The largest absolute Gasteiger partial charge is 0.467 e. The molecule has 5 heteroatoms. The minimum absolute atomic E-state index is 0.0428. The molecular weight excluding hydrogens is 202 g/mol. The van der Waals surface area contributed by atoms with Crippen molar-refractivity contribution in [2.45, 2.75) is 0 Å². The van der Waals surface area contributed by atoms with E-state index in [0.717, 1.165) is 12.1 Å². The lowest BCUT2D eigenvalue weighted by atomic mass is 10.3. The van der Waals surface area contributed by atoms with Crippen LogP contribution in [0.2, 0.25) is 5.02 Å². The Morgan fingerprint density at radius 1 is 1.31 bits per heavy atom. The first kappa shape index (κ1) is 10.2. The molecule has 1 aromatic rings. The SMILES string of the molecule is COCOc1cc(F)c(Cl)c(F)c1. The molecule has 0 atom stereocenters. The van der Waals surface area contributed by atoms with E-state index in [2.05, 4.69) is 4.74 Å². The third-order valence-electron chi connectivity index (χ3n) is 1.30. The van der Waals surface area contributed by atoms with Crippen molar-refractivity contribution in [3.8, 4) is 5.75 Å². The van der Waals surface area contributed by atoms with Crippen molar-refractivity contribution >= 4 is 11.6 Å². The summed E-state index contributed by atoms with van der Waals surface area (Å²) in [5, 5.41) is -0.537. The first-order valence-corrected chi connectivity index (χ1v) is 3.79. The van der Waals surface area contributed by atoms with E-state index in [-0.39, 0.29) is 12.5 Å². The molecule has 0 saturated heterocycles. The average Bonchev–Trinajstić information content (AvgIpc) is 2.10. The Balaban J connectivity index is 2.86. The van der Waals surface area contributed by atoms with Crippen molar-refractivity contribution in [3.05, 3.63) is 28.8 Å². The molecule has 13 heavy (non-hydrogen) atoms. The topological polar surface area (TPSA) is 18.5 Å². The average molecular weight is 209 g/mol. The lowest BCUT2D eigenvalue weighted by molar-refractivity contribution is 0.0507. The summed E-state index contributed by atoms with van der Waals surface area (Å²) in [5.41, 5.74) is 0.